The second kappa shape index (κ2) is 5.62. The fourth-order valence-corrected chi connectivity index (χ4v) is 1.96. The summed E-state index contributed by atoms with van der Waals surface area (Å²) in [5.41, 5.74) is 0.155. The van der Waals surface area contributed by atoms with E-state index in [1.54, 1.807) is 36.4 Å². The molecule has 0 spiro atoms. The van der Waals surface area contributed by atoms with E-state index in [1.165, 1.54) is 6.07 Å². The molecule has 0 N–H and O–H groups in total. The first-order valence-electron chi connectivity index (χ1n) is 5.28. The first kappa shape index (κ1) is 13.2. The fraction of sp³-hybridized carbons (Fsp3) is 0. The van der Waals surface area contributed by atoms with Crippen LogP contribution in [0.4, 0.5) is 5.69 Å². The highest BCUT2D eigenvalue weighted by Gasteiger charge is 2.19. The van der Waals surface area contributed by atoms with Gasteiger partial charge in [0, 0.05) is 6.07 Å². The minimum atomic E-state index is -0.538. The van der Waals surface area contributed by atoms with Crippen LogP contribution >= 0.6 is 15.9 Å². The molecular formula is C13H8BrNO4. The number of hydrogen-bond donors (Lipinski definition) is 0. The summed E-state index contributed by atoms with van der Waals surface area (Å²) in [4.78, 5) is 21.3. The lowest BCUT2D eigenvalue weighted by Gasteiger charge is -2.09. The molecule has 0 bridgehead atoms. The number of halogens is 1. The Bertz CT molecular complexity index is 642. The SMILES string of the molecule is O=Cc1ccccc1Oc1c(Br)cccc1[N+](=O)[O-]. The van der Waals surface area contributed by atoms with E-state index < -0.39 is 4.92 Å². The van der Waals surface area contributed by atoms with Crippen LogP contribution in [0.15, 0.2) is 46.9 Å². The third kappa shape index (κ3) is 2.79. The zero-order chi connectivity index (χ0) is 13.8. The van der Waals surface area contributed by atoms with E-state index >= 15 is 0 Å². The predicted molar refractivity (Wildman–Crippen MR) is 72.7 cm³/mol. The molecule has 2 aromatic carbocycles. The van der Waals surface area contributed by atoms with Gasteiger partial charge in [0.15, 0.2) is 6.29 Å². The molecule has 0 heterocycles. The molecule has 0 amide bonds. The van der Waals surface area contributed by atoms with E-state index in [4.69, 9.17) is 4.74 Å². The minimum Gasteiger partial charge on any atom is -0.448 e. The van der Waals surface area contributed by atoms with Gasteiger partial charge in [0.25, 0.3) is 0 Å². The standard InChI is InChI=1S/C13H8BrNO4/c14-10-5-3-6-11(15(17)18)13(10)19-12-7-2-1-4-9(12)8-16/h1-8H. The van der Waals surface area contributed by atoms with Gasteiger partial charge in [-0.1, -0.05) is 18.2 Å². The molecule has 0 aliphatic carbocycles. The van der Waals surface area contributed by atoms with Gasteiger partial charge in [-0.25, -0.2) is 0 Å². The van der Waals surface area contributed by atoms with Gasteiger partial charge in [0.05, 0.1) is 15.0 Å². The summed E-state index contributed by atoms with van der Waals surface area (Å²) in [6.45, 7) is 0. The molecule has 6 heteroatoms. The molecule has 96 valence electrons. The van der Waals surface area contributed by atoms with Crippen LogP contribution in [0.1, 0.15) is 10.4 Å². The monoisotopic (exact) mass is 321 g/mol. The van der Waals surface area contributed by atoms with E-state index in [0.717, 1.165) is 0 Å². The van der Waals surface area contributed by atoms with Crippen molar-refractivity contribution in [3.05, 3.63) is 62.6 Å². The number of para-hydroxylation sites is 2. The van der Waals surface area contributed by atoms with Gasteiger partial charge in [-0.2, -0.15) is 0 Å². The number of ether oxygens (including phenoxy) is 1. The molecule has 2 rings (SSSR count). The van der Waals surface area contributed by atoms with E-state index in [2.05, 4.69) is 15.9 Å². The Morgan fingerprint density at radius 3 is 2.58 bits per heavy atom. The summed E-state index contributed by atoms with van der Waals surface area (Å²) in [7, 11) is 0. The van der Waals surface area contributed by atoms with Crippen molar-refractivity contribution in [2.45, 2.75) is 0 Å². The fourth-order valence-electron chi connectivity index (χ4n) is 1.52. The number of hydrogen-bond acceptors (Lipinski definition) is 4. The molecule has 0 atom stereocenters. The van der Waals surface area contributed by atoms with E-state index in [-0.39, 0.29) is 17.2 Å². The maximum absolute atomic E-state index is 11.0. The van der Waals surface area contributed by atoms with Gasteiger partial charge in [-0.05, 0) is 34.1 Å². The average Bonchev–Trinajstić information content (AvgIpc) is 2.41. The molecule has 5 nitrogen and oxygen atoms in total. The van der Waals surface area contributed by atoms with Crippen molar-refractivity contribution in [1.29, 1.82) is 0 Å². The van der Waals surface area contributed by atoms with Crippen molar-refractivity contribution < 1.29 is 14.5 Å². The van der Waals surface area contributed by atoms with Crippen molar-refractivity contribution in [2.24, 2.45) is 0 Å². The molecule has 0 saturated carbocycles. The average molecular weight is 322 g/mol. The maximum atomic E-state index is 11.0. The summed E-state index contributed by atoms with van der Waals surface area (Å²) < 4.78 is 5.95. The zero-order valence-electron chi connectivity index (χ0n) is 9.58. The second-order valence-corrected chi connectivity index (χ2v) is 4.46. The lowest BCUT2D eigenvalue weighted by molar-refractivity contribution is -0.385. The highest BCUT2D eigenvalue weighted by Crippen LogP contribution is 2.38. The third-order valence-corrected chi connectivity index (χ3v) is 3.03. The first-order chi connectivity index (χ1) is 9.13. The Balaban J connectivity index is 2.49. The quantitative estimate of drug-likeness (QED) is 0.485. The number of nitrogens with zero attached hydrogens (tertiary/aromatic N) is 1. The normalized spacial score (nSPS) is 9.95. The van der Waals surface area contributed by atoms with Gasteiger partial charge >= 0.3 is 5.69 Å². The summed E-state index contributed by atoms with van der Waals surface area (Å²) in [6.07, 6.45) is 0.637. The molecule has 19 heavy (non-hydrogen) atoms. The number of carbonyl (C=O) groups is 1. The number of nitro benzene ring substituents is 1. The van der Waals surface area contributed by atoms with E-state index in [9.17, 15) is 14.9 Å². The zero-order valence-corrected chi connectivity index (χ0v) is 11.2. The Morgan fingerprint density at radius 1 is 1.16 bits per heavy atom. The topological polar surface area (TPSA) is 69.4 Å². The van der Waals surface area contributed by atoms with Crippen LogP contribution in [0.3, 0.4) is 0 Å². The van der Waals surface area contributed by atoms with Crippen molar-refractivity contribution in [2.75, 3.05) is 0 Å². The van der Waals surface area contributed by atoms with Crippen molar-refractivity contribution in [1.82, 2.24) is 0 Å². The van der Waals surface area contributed by atoms with Crippen LogP contribution < -0.4 is 4.74 Å². The number of benzene rings is 2. The van der Waals surface area contributed by atoms with Gasteiger partial charge in [0.2, 0.25) is 5.75 Å². The number of nitro groups is 1. The molecular weight excluding hydrogens is 314 g/mol. The smallest absolute Gasteiger partial charge is 0.312 e. The highest BCUT2D eigenvalue weighted by atomic mass is 79.9. The molecule has 0 fully saturated rings. The molecule has 0 radical (unpaired) electrons. The van der Waals surface area contributed by atoms with Crippen LogP contribution in [-0.4, -0.2) is 11.2 Å². The van der Waals surface area contributed by atoms with Gasteiger partial charge in [-0.15, -0.1) is 0 Å². The second-order valence-electron chi connectivity index (χ2n) is 3.60. The largest absolute Gasteiger partial charge is 0.448 e. The molecule has 0 saturated heterocycles. The van der Waals surface area contributed by atoms with Crippen LogP contribution in [0.25, 0.3) is 0 Å². The molecule has 0 aliphatic heterocycles. The molecule has 0 aliphatic rings. The Labute approximate surface area is 117 Å². The molecule has 0 aromatic heterocycles. The summed E-state index contributed by atoms with van der Waals surface area (Å²) >= 11 is 3.20. The van der Waals surface area contributed by atoms with Crippen LogP contribution in [-0.2, 0) is 0 Å². The lowest BCUT2D eigenvalue weighted by Crippen LogP contribution is -1.96. The Morgan fingerprint density at radius 2 is 1.89 bits per heavy atom. The van der Waals surface area contributed by atoms with E-state index in [0.29, 0.717) is 16.3 Å². The lowest BCUT2D eigenvalue weighted by atomic mass is 10.2. The number of aldehydes is 1. The van der Waals surface area contributed by atoms with Crippen LogP contribution in [0, 0.1) is 10.1 Å². The van der Waals surface area contributed by atoms with Crippen LogP contribution in [0.5, 0.6) is 11.5 Å². The van der Waals surface area contributed by atoms with Gasteiger partial charge in [-0.3, -0.25) is 14.9 Å². The molecule has 0 unspecified atom stereocenters. The van der Waals surface area contributed by atoms with E-state index in [1.807, 2.05) is 0 Å². The first-order valence-corrected chi connectivity index (χ1v) is 6.07. The van der Waals surface area contributed by atoms with Crippen LogP contribution in [0.2, 0.25) is 0 Å². The Hall–Kier alpha value is -2.21. The maximum Gasteiger partial charge on any atom is 0.312 e. The third-order valence-electron chi connectivity index (χ3n) is 2.40. The van der Waals surface area contributed by atoms with Gasteiger partial charge in [0.1, 0.15) is 5.75 Å². The Kier molecular flexibility index (Phi) is 3.91. The van der Waals surface area contributed by atoms with Crippen molar-refractivity contribution >= 4 is 27.9 Å². The summed E-state index contributed by atoms with van der Waals surface area (Å²) in [5.74, 6) is 0.342. The predicted octanol–water partition coefficient (Wildman–Crippen LogP) is 3.96. The van der Waals surface area contributed by atoms with Crippen molar-refractivity contribution in [3.63, 3.8) is 0 Å². The summed E-state index contributed by atoms with van der Waals surface area (Å²) in [6, 6.07) is 11.0. The highest BCUT2D eigenvalue weighted by molar-refractivity contribution is 9.10. The summed E-state index contributed by atoms with van der Waals surface area (Å²) in [5, 5.41) is 11.0. The van der Waals surface area contributed by atoms with Crippen molar-refractivity contribution in [3.8, 4) is 11.5 Å². The van der Waals surface area contributed by atoms with Gasteiger partial charge < -0.3 is 4.74 Å². The number of rotatable bonds is 4. The molecule has 2 aromatic rings. The minimum absolute atomic E-state index is 0.0711. The number of carbonyl (C=O) groups excluding carboxylic acids is 1.